The van der Waals surface area contributed by atoms with Gasteiger partial charge in [-0.15, -0.1) is 0 Å². The van der Waals surface area contributed by atoms with Crippen LogP contribution in [-0.4, -0.2) is 25.1 Å². The van der Waals surface area contributed by atoms with E-state index in [1.807, 2.05) is 0 Å². The summed E-state index contributed by atoms with van der Waals surface area (Å²) in [6.07, 6.45) is 0. The summed E-state index contributed by atoms with van der Waals surface area (Å²) in [4.78, 5) is 21.3. The Labute approximate surface area is 140 Å². The molecule has 2 rings (SSSR count). The fraction of sp³-hybridized carbons (Fsp3) is 0.133. The second-order valence-corrected chi connectivity index (χ2v) is 6.75. The smallest absolute Gasteiger partial charge is 0.341 e. The normalized spacial score (nSPS) is 11.3. The lowest BCUT2D eigenvalue weighted by molar-refractivity contribution is -0.384. The average Bonchev–Trinajstić information content (AvgIpc) is 2.59. The van der Waals surface area contributed by atoms with E-state index in [4.69, 9.17) is 4.74 Å². The third-order valence-corrected chi connectivity index (χ3v) is 4.54. The molecule has 10 heteroatoms. The number of hydrogen-bond acceptors (Lipinski definition) is 6. The van der Waals surface area contributed by atoms with Crippen LogP contribution in [0.3, 0.4) is 0 Å². The van der Waals surface area contributed by atoms with Gasteiger partial charge in [0.05, 0.1) is 15.4 Å². The summed E-state index contributed by atoms with van der Waals surface area (Å²) in [6, 6.07) is 9.34. The van der Waals surface area contributed by atoms with Gasteiger partial charge in [0, 0.05) is 12.1 Å². The molecule has 0 aliphatic heterocycles. The van der Waals surface area contributed by atoms with Crippen molar-refractivity contribution < 1.29 is 31.7 Å². The Morgan fingerprint density at radius 2 is 1.80 bits per heavy atom. The van der Waals surface area contributed by atoms with Crippen molar-refractivity contribution in [1.29, 1.82) is 0 Å². The first-order valence-corrected chi connectivity index (χ1v) is 8.29. The van der Waals surface area contributed by atoms with E-state index in [2.05, 4.69) is 0 Å². The molecule has 2 aromatic rings. The van der Waals surface area contributed by atoms with Gasteiger partial charge in [0.2, 0.25) is 9.84 Å². The molecule has 25 heavy (non-hydrogen) atoms. The van der Waals surface area contributed by atoms with E-state index in [1.165, 1.54) is 24.3 Å². The predicted molar refractivity (Wildman–Crippen MR) is 81.8 cm³/mol. The molecule has 0 aromatic heterocycles. The Bertz CT molecular complexity index is 896. The van der Waals surface area contributed by atoms with Crippen molar-refractivity contribution in [3.8, 4) is 0 Å². The van der Waals surface area contributed by atoms with Gasteiger partial charge in [-0.3, -0.25) is 10.1 Å². The minimum absolute atomic E-state index is 0.0429. The highest BCUT2D eigenvalue weighted by molar-refractivity contribution is 7.91. The molecule has 0 heterocycles. The molecule has 132 valence electrons. The minimum Gasteiger partial charge on any atom is -0.457 e. The second-order valence-electron chi connectivity index (χ2n) is 4.83. The van der Waals surface area contributed by atoms with Crippen molar-refractivity contribution in [3.63, 3.8) is 0 Å². The van der Waals surface area contributed by atoms with Crippen molar-refractivity contribution in [2.75, 3.05) is 0 Å². The summed E-state index contributed by atoms with van der Waals surface area (Å²) in [6.45, 7) is -0.238. The van der Waals surface area contributed by atoms with E-state index in [-0.39, 0.29) is 17.9 Å². The molecule has 0 saturated carbocycles. The Morgan fingerprint density at radius 1 is 1.16 bits per heavy atom. The molecule has 0 atom stereocenters. The molecule has 0 fully saturated rings. The fourth-order valence-corrected chi connectivity index (χ4v) is 2.60. The molecule has 0 amide bonds. The highest BCUT2D eigenvalue weighted by Gasteiger charge is 2.26. The number of nitrogens with zero attached hydrogens (tertiary/aromatic N) is 1. The molecule has 0 saturated heterocycles. The number of hydrogen-bond donors (Lipinski definition) is 0. The Hall–Kier alpha value is -2.88. The summed E-state index contributed by atoms with van der Waals surface area (Å²) in [5.74, 6) is -4.38. The van der Waals surface area contributed by atoms with Crippen molar-refractivity contribution >= 4 is 21.5 Å². The van der Waals surface area contributed by atoms with Gasteiger partial charge in [0.1, 0.15) is 6.61 Å². The Kier molecular flexibility index (Phi) is 5.42. The number of nitro groups is 1. The number of ether oxygens (including phenoxy) is 1. The maximum Gasteiger partial charge on any atom is 0.341 e. The van der Waals surface area contributed by atoms with Gasteiger partial charge in [-0.1, -0.05) is 12.1 Å². The zero-order valence-electron chi connectivity index (χ0n) is 12.5. The number of rotatable bonds is 6. The SMILES string of the molecule is O=C(OCc1cccc([N+](=O)[O-])c1)c1ccc(S(=O)(=O)C(F)F)cc1. The quantitative estimate of drug-likeness (QED) is 0.439. The lowest BCUT2D eigenvalue weighted by atomic mass is 10.2. The first-order valence-electron chi connectivity index (χ1n) is 6.74. The molecular formula is C15H11F2NO6S. The molecule has 0 aliphatic carbocycles. The van der Waals surface area contributed by atoms with Gasteiger partial charge in [0.15, 0.2) is 0 Å². The van der Waals surface area contributed by atoms with Crippen LogP contribution in [0.15, 0.2) is 53.4 Å². The van der Waals surface area contributed by atoms with Crippen LogP contribution in [0.4, 0.5) is 14.5 Å². The molecule has 2 aromatic carbocycles. The molecule has 0 bridgehead atoms. The molecule has 0 aliphatic rings. The number of carbonyl (C=O) groups excluding carboxylic acids is 1. The monoisotopic (exact) mass is 371 g/mol. The first kappa shape index (κ1) is 18.5. The number of nitro benzene ring substituents is 1. The number of carbonyl (C=O) groups is 1. The van der Waals surface area contributed by atoms with Crippen LogP contribution >= 0.6 is 0 Å². The third-order valence-electron chi connectivity index (χ3n) is 3.14. The number of alkyl halides is 2. The number of halogens is 2. The van der Waals surface area contributed by atoms with Crippen LogP contribution in [0.25, 0.3) is 0 Å². The maximum atomic E-state index is 12.4. The highest BCUT2D eigenvalue weighted by Crippen LogP contribution is 2.19. The van der Waals surface area contributed by atoms with Gasteiger partial charge in [-0.2, -0.15) is 8.78 Å². The number of non-ortho nitro benzene ring substituents is 1. The second kappa shape index (κ2) is 7.34. The number of sulfone groups is 1. The van der Waals surface area contributed by atoms with E-state index in [1.54, 1.807) is 0 Å². The highest BCUT2D eigenvalue weighted by atomic mass is 32.2. The summed E-state index contributed by atoms with van der Waals surface area (Å²) in [5, 5.41) is 10.7. The van der Waals surface area contributed by atoms with E-state index in [0.29, 0.717) is 5.56 Å². The number of benzene rings is 2. The summed E-state index contributed by atoms with van der Waals surface area (Å²) in [7, 11) is -4.74. The molecule has 7 nitrogen and oxygen atoms in total. The fourth-order valence-electron chi connectivity index (χ4n) is 1.88. The van der Waals surface area contributed by atoms with Gasteiger partial charge >= 0.3 is 11.7 Å². The topological polar surface area (TPSA) is 104 Å². The summed E-state index contributed by atoms with van der Waals surface area (Å²) in [5.41, 5.74) is 0.188. The van der Waals surface area contributed by atoms with E-state index < -0.39 is 31.4 Å². The minimum atomic E-state index is -4.74. The lowest BCUT2D eigenvalue weighted by Crippen LogP contribution is -2.12. The van der Waals surface area contributed by atoms with Crippen molar-refractivity contribution in [2.45, 2.75) is 17.3 Å². The molecule has 0 N–H and O–H groups in total. The van der Waals surface area contributed by atoms with Crippen LogP contribution in [0.2, 0.25) is 0 Å². The molecule has 0 radical (unpaired) electrons. The van der Waals surface area contributed by atoms with Crippen molar-refractivity contribution in [1.82, 2.24) is 0 Å². The summed E-state index contributed by atoms with van der Waals surface area (Å²) < 4.78 is 52.4. The van der Waals surface area contributed by atoms with E-state index in [9.17, 15) is 32.1 Å². The van der Waals surface area contributed by atoms with Gasteiger partial charge in [-0.25, -0.2) is 13.2 Å². The first-order chi connectivity index (χ1) is 11.7. The van der Waals surface area contributed by atoms with E-state index >= 15 is 0 Å². The Balaban J connectivity index is 2.07. The Morgan fingerprint density at radius 3 is 2.36 bits per heavy atom. The predicted octanol–water partition coefficient (Wildman–Crippen LogP) is 2.95. The molecular weight excluding hydrogens is 360 g/mol. The largest absolute Gasteiger partial charge is 0.457 e. The molecule has 0 spiro atoms. The number of esters is 1. The van der Waals surface area contributed by atoms with Crippen LogP contribution in [0, 0.1) is 10.1 Å². The van der Waals surface area contributed by atoms with Crippen LogP contribution < -0.4 is 0 Å². The van der Waals surface area contributed by atoms with Crippen LogP contribution in [0.1, 0.15) is 15.9 Å². The van der Waals surface area contributed by atoms with E-state index in [0.717, 1.165) is 24.3 Å². The lowest BCUT2D eigenvalue weighted by Gasteiger charge is -2.06. The zero-order chi connectivity index (χ0) is 18.6. The average molecular weight is 371 g/mol. The van der Waals surface area contributed by atoms with Crippen molar-refractivity contribution in [2.24, 2.45) is 0 Å². The maximum absolute atomic E-state index is 12.4. The standard InChI is InChI=1S/C15H11F2NO6S/c16-15(17)25(22,23)13-6-4-11(5-7-13)14(19)24-9-10-2-1-3-12(8-10)18(20)21/h1-8,15H,9H2. The zero-order valence-corrected chi connectivity index (χ0v) is 13.3. The van der Waals surface area contributed by atoms with Crippen LogP contribution in [0.5, 0.6) is 0 Å². The van der Waals surface area contributed by atoms with Crippen molar-refractivity contribution in [3.05, 3.63) is 69.8 Å². The summed E-state index contributed by atoms with van der Waals surface area (Å²) >= 11 is 0. The van der Waals surface area contributed by atoms with Gasteiger partial charge in [-0.05, 0) is 29.8 Å². The van der Waals surface area contributed by atoms with Crippen LogP contribution in [-0.2, 0) is 21.2 Å². The third kappa shape index (κ3) is 4.35. The van der Waals surface area contributed by atoms with Gasteiger partial charge < -0.3 is 4.74 Å². The van der Waals surface area contributed by atoms with Gasteiger partial charge in [0.25, 0.3) is 5.69 Å². The molecule has 0 unspecified atom stereocenters.